The number of amides is 1. The molecule has 2 rings (SSSR count). The minimum absolute atomic E-state index is 0.302. The number of hydrogen-bond acceptors (Lipinski definition) is 7. The van der Waals surface area contributed by atoms with Crippen molar-refractivity contribution in [2.75, 3.05) is 36.3 Å². The van der Waals surface area contributed by atoms with Crippen molar-refractivity contribution in [3.05, 3.63) is 36.2 Å². The molecule has 1 aromatic heterocycles. The van der Waals surface area contributed by atoms with Crippen LogP contribution in [0.3, 0.4) is 0 Å². The number of hydrazine groups is 1. The molecule has 1 aromatic carbocycles. The summed E-state index contributed by atoms with van der Waals surface area (Å²) in [6.07, 6.45) is 1.45. The van der Waals surface area contributed by atoms with Gasteiger partial charge in [-0.15, -0.1) is 0 Å². The van der Waals surface area contributed by atoms with Crippen molar-refractivity contribution in [2.45, 2.75) is 27.7 Å². The first kappa shape index (κ1) is 21.3. The van der Waals surface area contributed by atoms with Gasteiger partial charge in [0.2, 0.25) is 0 Å². The molecule has 0 atom stereocenters. The van der Waals surface area contributed by atoms with Crippen LogP contribution in [0.2, 0.25) is 0 Å². The largest absolute Gasteiger partial charge is 0.497 e. The van der Waals surface area contributed by atoms with E-state index in [4.69, 9.17) is 10.5 Å². The molecule has 1 heterocycles. The Bertz CT molecular complexity index is 767. The van der Waals surface area contributed by atoms with E-state index in [2.05, 4.69) is 53.4 Å². The lowest BCUT2D eigenvalue weighted by atomic mass is 10.1. The van der Waals surface area contributed by atoms with E-state index in [-0.39, 0.29) is 5.91 Å². The monoisotopic (exact) mass is 386 g/mol. The molecule has 0 radical (unpaired) electrons. The van der Waals surface area contributed by atoms with Gasteiger partial charge in [-0.2, -0.15) is 0 Å². The third-order valence-electron chi connectivity index (χ3n) is 3.98. The molecule has 2 aromatic rings. The van der Waals surface area contributed by atoms with Gasteiger partial charge in [-0.3, -0.25) is 15.6 Å². The molecule has 0 fully saturated rings. The zero-order chi connectivity index (χ0) is 20.7. The highest BCUT2D eigenvalue weighted by Crippen LogP contribution is 2.27. The van der Waals surface area contributed by atoms with E-state index in [1.54, 1.807) is 31.4 Å². The topological polar surface area (TPSA) is 105 Å². The lowest BCUT2D eigenvalue weighted by Gasteiger charge is -2.28. The molecule has 4 N–H and O–H groups in total. The molecule has 1 amide bonds. The van der Waals surface area contributed by atoms with Gasteiger partial charge in [-0.1, -0.05) is 27.7 Å². The average Bonchev–Trinajstić information content (AvgIpc) is 2.65. The molecule has 152 valence electrons. The minimum Gasteiger partial charge on any atom is -0.497 e. The molecule has 8 heteroatoms. The van der Waals surface area contributed by atoms with Crippen LogP contribution in [0, 0.1) is 11.8 Å². The third kappa shape index (κ3) is 5.73. The first-order valence-electron chi connectivity index (χ1n) is 9.37. The number of hydrogen-bond donors (Lipinski definition) is 3. The Balaban J connectivity index is 2.13. The average molecular weight is 387 g/mol. The highest BCUT2D eigenvalue weighted by Gasteiger charge is 2.18. The predicted molar refractivity (Wildman–Crippen MR) is 112 cm³/mol. The minimum atomic E-state index is -0.302. The van der Waals surface area contributed by atoms with Crippen molar-refractivity contribution < 1.29 is 9.53 Å². The normalized spacial score (nSPS) is 10.8. The quantitative estimate of drug-likeness (QED) is 0.569. The van der Waals surface area contributed by atoms with Crippen LogP contribution in [-0.4, -0.2) is 36.1 Å². The maximum Gasteiger partial charge on any atom is 0.269 e. The van der Waals surface area contributed by atoms with Crippen molar-refractivity contribution in [3.8, 4) is 5.75 Å². The van der Waals surface area contributed by atoms with Gasteiger partial charge < -0.3 is 15.4 Å². The molecule has 0 aliphatic carbocycles. The SMILES string of the molecule is COc1ccc(C(=O)NNc2ncnc(N(CC(C)C)CC(C)C)c2N)cc1. The predicted octanol–water partition coefficient (Wildman–Crippen LogP) is 2.94. The van der Waals surface area contributed by atoms with E-state index in [1.807, 2.05) is 0 Å². The number of nitrogen functional groups attached to an aromatic ring is 1. The van der Waals surface area contributed by atoms with Gasteiger partial charge >= 0.3 is 0 Å². The molecule has 28 heavy (non-hydrogen) atoms. The summed E-state index contributed by atoms with van der Waals surface area (Å²) in [5.74, 6) is 2.33. The second-order valence-electron chi connectivity index (χ2n) is 7.46. The molecule has 0 aliphatic rings. The molecular weight excluding hydrogens is 356 g/mol. The Kier molecular flexibility index (Phi) is 7.43. The highest BCUT2D eigenvalue weighted by molar-refractivity contribution is 5.95. The number of nitrogens with zero attached hydrogens (tertiary/aromatic N) is 3. The van der Waals surface area contributed by atoms with Crippen LogP contribution in [0.15, 0.2) is 30.6 Å². The smallest absolute Gasteiger partial charge is 0.269 e. The summed E-state index contributed by atoms with van der Waals surface area (Å²) < 4.78 is 5.10. The standard InChI is InChI=1S/C20H30N6O2/c1-13(2)10-26(11-14(3)4)19-17(21)18(22-12-23-19)24-25-20(27)15-6-8-16(28-5)9-7-15/h6-9,12-14H,10-11,21H2,1-5H3,(H,25,27)(H,22,23,24). The summed E-state index contributed by atoms with van der Waals surface area (Å²) in [5, 5.41) is 0. The maximum atomic E-state index is 12.3. The Hall–Kier alpha value is -3.03. The van der Waals surface area contributed by atoms with E-state index in [9.17, 15) is 4.79 Å². The van der Waals surface area contributed by atoms with Crippen LogP contribution in [0.1, 0.15) is 38.1 Å². The summed E-state index contributed by atoms with van der Waals surface area (Å²) in [6, 6.07) is 6.80. The Labute approximate surface area is 166 Å². The zero-order valence-electron chi connectivity index (χ0n) is 17.2. The van der Waals surface area contributed by atoms with Crippen molar-refractivity contribution in [1.82, 2.24) is 15.4 Å². The third-order valence-corrected chi connectivity index (χ3v) is 3.98. The number of benzene rings is 1. The van der Waals surface area contributed by atoms with Crippen LogP contribution in [-0.2, 0) is 0 Å². The van der Waals surface area contributed by atoms with Gasteiger partial charge in [0.1, 0.15) is 17.8 Å². The van der Waals surface area contributed by atoms with E-state index in [0.717, 1.165) is 13.1 Å². The number of anilines is 3. The summed E-state index contributed by atoms with van der Waals surface area (Å²) >= 11 is 0. The molecular formula is C20H30N6O2. The van der Waals surface area contributed by atoms with Crippen molar-refractivity contribution >= 4 is 23.2 Å². The van der Waals surface area contributed by atoms with Gasteiger partial charge in [0.15, 0.2) is 11.6 Å². The number of aromatic nitrogens is 2. The number of nitrogens with two attached hydrogens (primary N) is 1. The Morgan fingerprint density at radius 1 is 1.11 bits per heavy atom. The highest BCUT2D eigenvalue weighted by atomic mass is 16.5. The fourth-order valence-electron chi connectivity index (χ4n) is 2.80. The van der Waals surface area contributed by atoms with Gasteiger partial charge in [0, 0.05) is 18.7 Å². The van der Waals surface area contributed by atoms with E-state index >= 15 is 0 Å². The molecule has 8 nitrogen and oxygen atoms in total. The molecule has 0 bridgehead atoms. The van der Waals surface area contributed by atoms with Crippen LogP contribution in [0.4, 0.5) is 17.3 Å². The number of nitrogens with one attached hydrogen (secondary N) is 2. The van der Waals surface area contributed by atoms with Gasteiger partial charge in [-0.25, -0.2) is 9.97 Å². The lowest BCUT2D eigenvalue weighted by Crippen LogP contribution is -2.34. The van der Waals surface area contributed by atoms with Gasteiger partial charge in [-0.05, 0) is 36.1 Å². The van der Waals surface area contributed by atoms with Crippen molar-refractivity contribution in [1.29, 1.82) is 0 Å². The first-order chi connectivity index (χ1) is 13.3. The Morgan fingerprint density at radius 2 is 1.71 bits per heavy atom. The van der Waals surface area contributed by atoms with E-state index in [0.29, 0.717) is 40.5 Å². The van der Waals surface area contributed by atoms with Crippen LogP contribution >= 0.6 is 0 Å². The van der Waals surface area contributed by atoms with Crippen molar-refractivity contribution in [3.63, 3.8) is 0 Å². The number of methoxy groups -OCH3 is 1. The fourth-order valence-corrected chi connectivity index (χ4v) is 2.80. The second-order valence-corrected chi connectivity index (χ2v) is 7.46. The number of carbonyl (C=O) groups is 1. The lowest BCUT2D eigenvalue weighted by molar-refractivity contribution is 0.0962. The Morgan fingerprint density at radius 3 is 2.25 bits per heavy atom. The summed E-state index contributed by atoms with van der Waals surface area (Å²) in [7, 11) is 1.58. The zero-order valence-corrected chi connectivity index (χ0v) is 17.2. The van der Waals surface area contributed by atoms with Gasteiger partial charge in [0.25, 0.3) is 5.91 Å². The van der Waals surface area contributed by atoms with Crippen LogP contribution in [0.5, 0.6) is 5.75 Å². The molecule has 0 saturated carbocycles. The van der Waals surface area contributed by atoms with Gasteiger partial charge in [0.05, 0.1) is 7.11 Å². The van der Waals surface area contributed by atoms with E-state index in [1.165, 1.54) is 6.33 Å². The molecule has 0 spiro atoms. The molecule has 0 unspecified atom stereocenters. The maximum absolute atomic E-state index is 12.3. The number of rotatable bonds is 9. The fraction of sp³-hybridized carbons (Fsp3) is 0.450. The summed E-state index contributed by atoms with van der Waals surface area (Å²) in [5.41, 5.74) is 12.6. The number of carbonyl (C=O) groups excluding carboxylic acids is 1. The van der Waals surface area contributed by atoms with Crippen LogP contribution in [0.25, 0.3) is 0 Å². The summed E-state index contributed by atoms with van der Waals surface area (Å²) in [6.45, 7) is 10.3. The second kappa shape index (κ2) is 9.77. The van der Waals surface area contributed by atoms with Crippen molar-refractivity contribution in [2.24, 2.45) is 11.8 Å². The van der Waals surface area contributed by atoms with Crippen LogP contribution < -0.4 is 26.2 Å². The molecule has 0 aliphatic heterocycles. The number of ether oxygens (including phenoxy) is 1. The van der Waals surface area contributed by atoms with E-state index < -0.39 is 0 Å². The molecule has 0 saturated heterocycles. The first-order valence-corrected chi connectivity index (χ1v) is 9.37. The summed E-state index contributed by atoms with van der Waals surface area (Å²) in [4.78, 5) is 23.0.